The van der Waals surface area contributed by atoms with Crippen LogP contribution in [0.3, 0.4) is 0 Å². The lowest BCUT2D eigenvalue weighted by Crippen LogP contribution is -2.35. The van der Waals surface area contributed by atoms with Gasteiger partial charge in [0.25, 0.3) is 0 Å². The van der Waals surface area contributed by atoms with Crippen LogP contribution in [0.25, 0.3) is 0 Å². The average Bonchev–Trinajstić information content (AvgIpc) is 0.889. The van der Waals surface area contributed by atoms with Gasteiger partial charge in [-0.3, -0.25) is 38.4 Å². The lowest BCUT2D eigenvalue weighted by molar-refractivity contribution is -0.172. The van der Waals surface area contributed by atoms with Crippen LogP contribution in [0.15, 0.2) is 0 Å². The number of carboxylic acids is 1. The molecular formula is C106H206Cl6O15. The van der Waals surface area contributed by atoms with E-state index in [4.69, 9.17) is 75.9 Å². The molecule has 0 aliphatic heterocycles. The molecule has 0 spiro atoms. The van der Waals surface area contributed by atoms with Crippen LogP contribution in [0.5, 0.6) is 0 Å². The Bertz CT molecular complexity index is 2110. The van der Waals surface area contributed by atoms with E-state index in [9.17, 15) is 43.5 Å². The number of carbonyl (C=O) groups is 8. The van der Waals surface area contributed by atoms with E-state index in [0.717, 1.165) is 199 Å². The Kier molecular flexibility index (Phi) is 131. The summed E-state index contributed by atoms with van der Waals surface area (Å²) in [4.78, 5) is 94.0. The normalized spacial score (nSPS) is 12.4. The fourth-order valence-corrected chi connectivity index (χ4v) is 15.7. The monoisotopic (exact) mass is 1930 g/mol. The number of carbonyl (C=O) groups excluding carboxylic acids is 7. The van der Waals surface area contributed by atoms with Gasteiger partial charge in [0, 0.05) is 11.8 Å². The minimum atomic E-state index is -1.14. The number of unbranched alkanes of at least 4 members (excludes halogenated alkanes) is 48. The number of aliphatic carboxylic acids is 1. The minimum Gasteiger partial charge on any atom is -0.481 e. The van der Waals surface area contributed by atoms with Gasteiger partial charge in [0.05, 0.1) is 42.2 Å². The van der Waals surface area contributed by atoms with Crippen molar-refractivity contribution in [3.63, 3.8) is 0 Å². The third kappa shape index (κ3) is 113. The number of aliphatic hydroxyl groups is 3. The molecule has 0 aromatic heterocycles. The minimum absolute atomic E-state index is 0. The van der Waals surface area contributed by atoms with Gasteiger partial charge in [-0.15, -0.1) is 23.2 Å². The average molecular weight is 1930 g/mol. The maximum absolute atomic E-state index is 13.9. The van der Waals surface area contributed by atoms with Gasteiger partial charge >= 0.3 is 34.4 Å². The lowest BCUT2D eigenvalue weighted by atomic mass is 9.94. The molecule has 0 heterocycles. The summed E-state index contributed by atoms with van der Waals surface area (Å²) in [6.07, 6.45) is 81.3. The third-order valence-electron chi connectivity index (χ3n) is 23.5. The highest BCUT2D eigenvalue weighted by Gasteiger charge is 2.29. The number of hydrogen-bond donors (Lipinski definition) is 4. The molecule has 15 nitrogen and oxygen atoms in total. The number of carboxylic acid groups (broad SMARTS) is 1. The number of aliphatic hydroxyl groups excluding tert-OH is 3. The van der Waals surface area contributed by atoms with Gasteiger partial charge in [-0.05, 0) is 123 Å². The molecule has 0 saturated carbocycles. The van der Waals surface area contributed by atoms with Crippen LogP contribution < -0.4 is 0 Å². The number of alkyl halides is 2. The van der Waals surface area contributed by atoms with Gasteiger partial charge in [0.15, 0.2) is 6.10 Å². The smallest absolute Gasteiger partial charge is 0.309 e. The zero-order valence-corrected chi connectivity index (χ0v) is 88.1. The van der Waals surface area contributed by atoms with E-state index < -0.39 is 28.7 Å². The topological polar surface area (TPSA) is 245 Å². The summed E-state index contributed by atoms with van der Waals surface area (Å²) < 4.78 is 18.3. The predicted molar refractivity (Wildman–Crippen MR) is 548 cm³/mol. The summed E-state index contributed by atoms with van der Waals surface area (Å²) in [6.45, 7) is 25.8. The van der Waals surface area contributed by atoms with Gasteiger partial charge in [-0.2, -0.15) is 0 Å². The van der Waals surface area contributed by atoms with Crippen LogP contribution in [0, 0.1) is 35.5 Å². The van der Waals surface area contributed by atoms with Crippen molar-refractivity contribution >= 4 is 114 Å². The molecule has 0 aromatic rings. The molecule has 0 bridgehead atoms. The highest BCUT2D eigenvalue weighted by molar-refractivity contribution is 6.97. The number of ether oxygens (including phenoxy) is 3. The molecule has 127 heavy (non-hydrogen) atoms. The molecule has 0 fully saturated rings. The maximum atomic E-state index is 13.9. The van der Waals surface area contributed by atoms with Crippen molar-refractivity contribution in [1.82, 2.24) is 0 Å². The highest BCUT2D eigenvalue weighted by atomic mass is 35.5. The summed E-state index contributed by atoms with van der Waals surface area (Å²) in [7, 11) is 0. The summed E-state index contributed by atoms with van der Waals surface area (Å²) >= 11 is 29.9. The number of halogens is 6. The van der Waals surface area contributed by atoms with Crippen LogP contribution >= 0.6 is 69.6 Å². The van der Waals surface area contributed by atoms with E-state index >= 15 is 0 Å². The first-order valence-electron chi connectivity index (χ1n) is 52.5. The van der Waals surface area contributed by atoms with Gasteiger partial charge in [-0.1, -0.05) is 476 Å². The van der Waals surface area contributed by atoms with Crippen molar-refractivity contribution in [2.75, 3.05) is 31.8 Å². The van der Waals surface area contributed by atoms with E-state index in [1.165, 1.54) is 263 Å². The zero-order valence-electron chi connectivity index (χ0n) is 83.6. The first-order chi connectivity index (χ1) is 60.9. The van der Waals surface area contributed by atoms with Crippen LogP contribution in [0.4, 0.5) is 0 Å². The van der Waals surface area contributed by atoms with E-state index in [1.807, 2.05) is 0 Å². The van der Waals surface area contributed by atoms with Crippen LogP contribution in [-0.4, -0.2) is 109 Å². The molecule has 0 saturated heterocycles. The third-order valence-corrected chi connectivity index (χ3v) is 24.6. The highest BCUT2D eigenvalue weighted by Crippen LogP contribution is 2.28. The summed E-state index contributed by atoms with van der Waals surface area (Å²) in [6, 6.07) is 0. The van der Waals surface area contributed by atoms with Crippen molar-refractivity contribution in [2.45, 2.75) is 565 Å². The van der Waals surface area contributed by atoms with E-state index in [0.29, 0.717) is 0 Å². The number of hydrogen-bond acceptors (Lipinski definition) is 14. The molecule has 6 atom stereocenters. The van der Waals surface area contributed by atoms with E-state index in [-0.39, 0.29) is 103 Å². The number of rotatable bonds is 86. The zero-order chi connectivity index (χ0) is 95.8. The first-order valence-corrected chi connectivity index (χ1v) is 55.0. The van der Waals surface area contributed by atoms with E-state index in [2.05, 4.69) is 106 Å². The Morgan fingerprint density at radius 3 is 0.543 bits per heavy atom. The van der Waals surface area contributed by atoms with Crippen LogP contribution in [0.1, 0.15) is 553 Å². The largest absolute Gasteiger partial charge is 0.481 e. The van der Waals surface area contributed by atoms with Crippen molar-refractivity contribution in [2.24, 2.45) is 35.5 Å². The SMILES string of the molecule is C.CCCCCCCCC(CCCCCC)C(=O)Cl.CCCCCCCCC(CCCCCC)C(=O)Cl.CCCCCCCCC(CCCCCC)C(=O)O.CCCCCCCCC(CCCCCC)C(=O)OCC(COC(=O)C(CCCCCC)CCCCCCCC)OC(=O)C(CCCCCC)CCCCCCCC.ClCCl.O=C(Cl)C(=O)Cl.OCC(O)CO. The Balaban J connectivity index is -0.000000271. The standard InChI is InChI=1S/C51H98O6.2C16H31ClO.C16H32O2.C3H8O3.C2Cl2O2.CH2Cl2.CH4/c1-7-13-19-25-28-34-39-45(37-31-22-16-10-4)49(52)55-43-48(57-51(54)47(41-33-24-18-12-6)42-36-30-27-21-15-9-3)44-56-50(53)46(38-32-23-17-11-5)40-35-29-26-20-14-8-2;3*1-3-5-7-9-10-12-14-15(16(17)18)13-11-8-6-4-2;4-1-3(6)2-5;3-1(5)2(4)6;2-1-3;/h45-48H,7-44H2,1-6H3;2*15H,3-14H2,1-2H3;15H,3-14H2,1-2H3,(H,17,18);3-6H,1-2H2;;1H2;1H4. The number of esters is 3. The molecule has 21 heteroatoms. The molecule has 0 rings (SSSR count). The molecule has 0 aromatic carbocycles. The molecule has 762 valence electrons. The van der Waals surface area contributed by atoms with Crippen molar-refractivity contribution in [3.8, 4) is 0 Å². The van der Waals surface area contributed by atoms with Crippen LogP contribution in [0.2, 0.25) is 0 Å². The van der Waals surface area contributed by atoms with Gasteiger partial charge in [-0.25, -0.2) is 0 Å². The maximum Gasteiger partial charge on any atom is 0.309 e. The summed E-state index contributed by atoms with van der Waals surface area (Å²) in [5, 5.41) is 30.9. The fraction of sp³-hybridized carbons (Fsp3) is 0.925. The van der Waals surface area contributed by atoms with E-state index in [1.54, 1.807) is 0 Å². The van der Waals surface area contributed by atoms with Gasteiger partial charge in [0.2, 0.25) is 10.5 Å². The molecule has 6 unspecified atom stereocenters. The summed E-state index contributed by atoms with van der Waals surface area (Å²) in [5.74, 6) is -1.49. The summed E-state index contributed by atoms with van der Waals surface area (Å²) in [5.41, 5.74) is 0. The molecule has 0 aliphatic carbocycles. The second kappa shape index (κ2) is 118. The van der Waals surface area contributed by atoms with Gasteiger partial charge < -0.3 is 34.6 Å². The first kappa shape index (κ1) is 141. The molecule has 0 aliphatic rings. The second-order valence-corrected chi connectivity index (χ2v) is 37.8. The molecule has 0 amide bonds. The molecule has 4 N–H and O–H groups in total. The van der Waals surface area contributed by atoms with Gasteiger partial charge in [0.1, 0.15) is 19.3 Å². The Labute approximate surface area is 814 Å². The predicted octanol–water partition coefficient (Wildman–Crippen LogP) is 34.5. The lowest BCUT2D eigenvalue weighted by Gasteiger charge is -2.24. The van der Waals surface area contributed by atoms with Crippen LogP contribution in [-0.2, 0) is 52.6 Å². The molecule has 0 radical (unpaired) electrons. The fourth-order valence-electron chi connectivity index (χ4n) is 15.2. The Morgan fingerprint density at radius 2 is 0.394 bits per heavy atom. The quantitative estimate of drug-likeness (QED) is 0.0110. The second-order valence-electron chi connectivity index (χ2n) is 35.5. The van der Waals surface area contributed by atoms with Crippen molar-refractivity contribution in [1.29, 1.82) is 0 Å². The Hall–Kier alpha value is -1.82. The molecular weight excluding hydrogens is 1730 g/mol. The Morgan fingerprint density at radius 1 is 0.244 bits per heavy atom. The van der Waals surface area contributed by atoms with Crippen molar-refractivity contribution in [3.05, 3.63) is 0 Å². The van der Waals surface area contributed by atoms with Crippen molar-refractivity contribution < 1.29 is 73.0 Å².